The van der Waals surface area contributed by atoms with Gasteiger partial charge in [0.25, 0.3) is 0 Å². The number of aliphatic hydroxyl groups excluding tert-OH is 1. The average Bonchev–Trinajstić information content (AvgIpc) is 2.70. The molecule has 0 radical (unpaired) electrons. The molecule has 1 aliphatic heterocycles. The minimum atomic E-state index is 0.270. The molecule has 2 rings (SSSR count). The van der Waals surface area contributed by atoms with Crippen LogP contribution in [0.2, 0.25) is 0 Å². The second kappa shape index (κ2) is 7.20. The molecule has 1 fully saturated rings. The van der Waals surface area contributed by atoms with Crippen LogP contribution in [0.25, 0.3) is 0 Å². The molecule has 1 aromatic rings. The number of nitrogens with one attached hydrogen (secondary N) is 1. The quantitative estimate of drug-likeness (QED) is 0.814. The summed E-state index contributed by atoms with van der Waals surface area (Å²) >= 11 is 0. The number of likely N-dealkylation sites (tertiary alicyclic amines) is 1. The van der Waals surface area contributed by atoms with Gasteiger partial charge in [-0.3, -0.25) is 4.68 Å². The van der Waals surface area contributed by atoms with Crippen molar-refractivity contribution in [1.29, 1.82) is 0 Å². The zero-order valence-corrected chi connectivity index (χ0v) is 13.0. The Kier molecular flexibility index (Phi) is 5.57. The van der Waals surface area contributed by atoms with E-state index in [9.17, 15) is 0 Å². The highest BCUT2D eigenvalue weighted by atomic mass is 16.3. The first-order valence-electron chi connectivity index (χ1n) is 7.69. The molecule has 0 spiro atoms. The van der Waals surface area contributed by atoms with E-state index >= 15 is 0 Å². The molecule has 2 heterocycles. The standard InChI is InChI=1S/C15H28N4O/c1-12-10-14(3)19(17-12)11-13(2)16-15-4-6-18(7-5-15)8-9-20/h10,13,15-16,20H,4-9,11H2,1-3H3. The van der Waals surface area contributed by atoms with Gasteiger partial charge in [0.1, 0.15) is 0 Å². The van der Waals surface area contributed by atoms with Crippen molar-refractivity contribution in [3.63, 3.8) is 0 Å². The summed E-state index contributed by atoms with van der Waals surface area (Å²) in [4.78, 5) is 2.34. The first-order valence-corrected chi connectivity index (χ1v) is 7.69. The maximum atomic E-state index is 8.95. The van der Waals surface area contributed by atoms with Crippen molar-refractivity contribution in [2.75, 3.05) is 26.2 Å². The normalized spacial score (nSPS) is 19.4. The number of aliphatic hydroxyl groups is 1. The Bertz CT molecular complexity index is 410. The Morgan fingerprint density at radius 1 is 1.40 bits per heavy atom. The van der Waals surface area contributed by atoms with E-state index in [1.807, 2.05) is 6.92 Å². The van der Waals surface area contributed by atoms with E-state index in [-0.39, 0.29) is 6.61 Å². The van der Waals surface area contributed by atoms with E-state index in [0.29, 0.717) is 12.1 Å². The number of piperidine rings is 1. The first-order chi connectivity index (χ1) is 9.58. The fourth-order valence-electron chi connectivity index (χ4n) is 3.04. The molecule has 5 nitrogen and oxygen atoms in total. The van der Waals surface area contributed by atoms with Crippen LogP contribution < -0.4 is 5.32 Å². The molecule has 1 unspecified atom stereocenters. The third-order valence-corrected chi connectivity index (χ3v) is 4.07. The molecule has 0 saturated carbocycles. The Morgan fingerprint density at radius 2 is 2.10 bits per heavy atom. The van der Waals surface area contributed by atoms with Crippen LogP contribution in [0.15, 0.2) is 6.07 Å². The van der Waals surface area contributed by atoms with Gasteiger partial charge in [-0.05, 0) is 52.8 Å². The van der Waals surface area contributed by atoms with Gasteiger partial charge in [-0.2, -0.15) is 5.10 Å². The Labute approximate surface area is 122 Å². The number of rotatable bonds is 6. The molecule has 1 aliphatic rings. The molecule has 0 aromatic carbocycles. The summed E-state index contributed by atoms with van der Waals surface area (Å²) in [6, 6.07) is 3.15. The summed E-state index contributed by atoms with van der Waals surface area (Å²) in [6.07, 6.45) is 2.34. The summed E-state index contributed by atoms with van der Waals surface area (Å²) in [6.45, 7) is 10.6. The molecule has 114 valence electrons. The molecule has 5 heteroatoms. The molecule has 1 aromatic heterocycles. The molecule has 0 amide bonds. The average molecular weight is 280 g/mol. The second-order valence-electron chi connectivity index (χ2n) is 6.02. The number of β-amino-alcohol motifs (C(OH)–C–C–N with tert-alkyl or cyclic N) is 1. The van der Waals surface area contributed by atoms with Gasteiger partial charge in [0.2, 0.25) is 0 Å². The van der Waals surface area contributed by atoms with Crippen molar-refractivity contribution in [3.8, 4) is 0 Å². The SMILES string of the molecule is Cc1cc(C)n(CC(C)NC2CCN(CCO)CC2)n1. The number of aromatic nitrogens is 2. The van der Waals surface area contributed by atoms with Gasteiger partial charge in [-0.15, -0.1) is 0 Å². The smallest absolute Gasteiger partial charge is 0.0596 e. The summed E-state index contributed by atoms with van der Waals surface area (Å²) in [5.74, 6) is 0. The molecular formula is C15H28N4O. The van der Waals surface area contributed by atoms with Gasteiger partial charge in [0, 0.05) is 24.3 Å². The van der Waals surface area contributed by atoms with Crippen LogP contribution in [0, 0.1) is 13.8 Å². The van der Waals surface area contributed by atoms with Crippen molar-refractivity contribution in [3.05, 3.63) is 17.5 Å². The Hall–Kier alpha value is -0.910. The van der Waals surface area contributed by atoms with Crippen molar-refractivity contribution >= 4 is 0 Å². The van der Waals surface area contributed by atoms with E-state index in [2.05, 4.69) is 39.9 Å². The first kappa shape index (κ1) is 15.5. The van der Waals surface area contributed by atoms with Gasteiger partial charge in [-0.25, -0.2) is 0 Å². The lowest BCUT2D eigenvalue weighted by atomic mass is 10.0. The molecular weight excluding hydrogens is 252 g/mol. The van der Waals surface area contributed by atoms with E-state index in [0.717, 1.165) is 31.9 Å². The van der Waals surface area contributed by atoms with Gasteiger partial charge >= 0.3 is 0 Å². The summed E-state index contributed by atoms with van der Waals surface area (Å²) in [7, 11) is 0. The second-order valence-corrected chi connectivity index (χ2v) is 6.02. The lowest BCUT2D eigenvalue weighted by Crippen LogP contribution is -2.47. The maximum absolute atomic E-state index is 8.95. The predicted octanol–water partition coefficient (Wildman–Crippen LogP) is 0.935. The van der Waals surface area contributed by atoms with Gasteiger partial charge in [-0.1, -0.05) is 0 Å². The lowest BCUT2D eigenvalue weighted by Gasteiger charge is -2.33. The molecule has 1 saturated heterocycles. The van der Waals surface area contributed by atoms with Crippen molar-refractivity contribution < 1.29 is 5.11 Å². The lowest BCUT2D eigenvalue weighted by molar-refractivity contribution is 0.152. The topological polar surface area (TPSA) is 53.3 Å². The largest absolute Gasteiger partial charge is 0.395 e. The number of hydrogen-bond acceptors (Lipinski definition) is 4. The highest BCUT2D eigenvalue weighted by Crippen LogP contribution is 2.11. The van der Waals surface area contributed by atoms with Gasteiger partial charge in [0.15, 0.2) is 0 Å². The number of nitrogens with zero attached hydrogens (tertiary/aromatic N) is 3. The van der Waals surface area contributed by atoms with Crippen molar-refractivity contribution in [2.45, 2.75) is 52.2 Å². The van der Waals surface area contributed by atoms with E-state index in [4.69, 9.17) is 5.11 Å². The molecule has 0 aliphatic carbocycles. The predicted molar refractivity (Wildman–Crippen MR) is 80.8 cm³/mol. The molecule has 1 atom stereocenters. The minimum Gasteiger partial charge on any atom is -0.395 e. The summed E-state index contributed by atoms with van der Waals surface area (Å²) in [5, 5.41) is 17.2. The fraction of sp³-hybridized carbons (Fsp3) is 0.800. The zero-order chi connectivity index (χ0) is 14.5. The summed E-state index contributed by atoms with van der Waals surface area (Å²) < 4.78 is 2.09. The van der Waals surface area contributed by atoms with E-state index in [1.165, 1.54) is 18.5 Å². The van der Waals surface area contributed by atoms with Crippen LogP contribution in [0.3, 0.4) is 0 Å². The van der Waals surface area contributed by atoms with E-state index < -0.39 is 0 Å². The maximum Gasteiger partial charge on any atom is 0.0596 e. The van der Waals surface area contributed by atoms with Crippen LogP contribution in [-0.2, 0) is 6.54 Å². The highest BCUT2D eigenvalue weighted by Gasteiger charge is 2.20. The van der Waals surface area contributed by atoms with Crippen LogP contribution in [0.5, 0.6) is 0 Å². The molecule has 20 heavy (non-hydrogen) atoms. The van der Waals surface area contributed by atoms with Crippen LogP contribution in [0.1, 0.15) is 31.2 Å². The van der Waals surface area contributed by atoms with Gasteiger partial charge in [0.05, 0.1) is 18.8 Å². The highest BCUT2D eigenvalue weighted by molar-refractivity contribution is 5.06. The minimum absolute atomic E-state index is 0.270. The van der Waals surface area contributed by atoms with E-state index in [1.54, 1.807) is 0 Å². The zero-order valence-electron chi connectivity index (χ0n) is 13.0. The Balaban J connectivity index is 1.75. The monoisotopic (exact) mass is 280 g/mol. The van der Waals surface area contributed by atoms with Crippen molar-refractivity contribution in [1.82, 2.24) is 20.0 Å². The number of aryl methyl sites for hydroxylation is 2. The molecule has 0 bridgehead atoms. The third-order valence-electron chi connectivity index (χ3n) is 4.07. The third kappa shape index (κ3) is 4.30. The van der Waals surface area contributed by atoms with Crippen LogP contribution in [0.4, 0.5) is 0 Å². The molecule has 2 N–H and O–H groups in total. The van der Waals surface area contributed by atoms with Gasteiger partial charge < -0.3 is 15.3 Å². The Morgan fingerprint density at radius 3 is 2.65 bits per heavy atom. The van der Waals surface area contributed by atoms with Crippen LogP contribution >= 0.6 is 0 Å². The van der Waals surface area contributed by atoms with Crippen molar-refractivity contribution in [2.24, 2.45) is 0 Å². The number of hydrogen-bond donors (Lipinski definition) is 2. The van der Waals surface area contributed by atoms with Crippen LogP contribution in [-0.4, -0.2) is 58.1 Å². The fourth-order valence-corrected chi connectivity index (χ4v) is 3.04. The summed E-state index contributed by atoms with van der Waals surface area (Å²) in [5.41, 5.74) is 2.32.